The van der Waals surface area contributed by atoms with E-state index in [0.29, 0.717) is 5.95 Å². The number of carbonyl (C=O) groups is 2. The van der Waals surface area contributed by atoms with Gasteiger partial charge in [0.25, 0.3) is 5.91 Å². The Morgan fingerprint density at radius 1 is 1.38 bits per heavy atom. The van der Waals surface area contributed by atoms with Crippen molar-refractivity contribution in [1.82, 2.24) is 14.8 Å². The highest BCUT2D eigenvalue weighted by Crippen LogP contribution is 2.24. The van der Waals surface area contributed by atoms with E-state index in [2.05, 4.69) is 27.6 Å². The molecule has 7 nitrogen and oxygen atoms in total. The molecule has 0 aliphatic carbocycles. The molecule has 0 fully saturated rings. The molecule has 0 spiro atoms. The van der Waals surface area contributed by atoms with Crippen LogP contribution in [0.25, 0.3) is 0 Å². The Balaban J connectivity index is 1.65. The number of amides is 2. The van der Waals surface area contributed by atoms with E-state index in [0.717, 1.165) is 12.1 Å². The lowest BCUT2D eigenvalue weighted by Crippen LogP contribution is -2.23. The second-order valence-electron chi connectivity index (χ2n) is 4.84. The number of aromatic nitrogens is 3. The minimum atomic E-state index is -0.641. The van der Waals surface area contributed by atoms with Crippen molar-refractivity contribution in [2.75, 3.05) is 10.6 Å². The van der Waals surface area contributed by atoms with Crippen LogP contribution in [0.1, 0.15) is 24.9 Å². The van der Waals surface area contributed by atoms with E-state index < -0.39 is 6.04 Å². The lowest BCUT2D eigenvalue weighted by molar-refractivity contribution is -0.123. The zero-order valence-corrected chi connectivity index (χ0v) is 11.5. The molecular formula is C14H15N5O2. The normalized spacial score (nSPS) is 16.4. The van der Waals surface area contributed by atoms with E-state index in [1.165, 1.54) is 16.6 Å². The van der Waals surface area contributed by atoms with Gasteiger partial charge in [-0.1, -0.05) is 19.1 Å². The van der Waals surface area contributed by atoms with Crippen molar-refractivity contribution in [3.63, 3.8) is 0 Å². The Morgan fingerprint density at radius 2 is 2.14 bits per heavy atom. The molecule has 0 bridgehead atoms. The smallest absolute Gasteiger partial charge is 0.252 e. The number of hydrogen-bond acceptors (Lipinski definition) is 4. The van der Waals surface area contributed by atoms with Gasteiger partial charge in [0, 0.05) is 5.69 Å². The Kier molecular flexibility index (Phi) is 3.39. The average Bonchev–Trinajstić information content (AvgIpc) is 3.03. The van der Waals surface area contributed by atoms with Crippen LogP contribution < -0.4 is 10.6 Å². The maximum absolute atomic E-state index is 12.0. The van der Waals surface area contributed by atoms with Crippen LogP contribution in [0.2, 0.25) is 0 Å². The van der Waals surface area contributed by atoms with Crippen molar-refractivity contribution >= 4 is 23.5 Å². The van der Waals surface area contributed by atoms with Gasteiger partial charge in [0.1, 0.15) is 12.4 Å². The van der Waals surface area contributed by atoms with Crippen LogP contribution in [0.3, 0.4) is 0 Å². The number of carbonyl (C=O) groups excluding carboxylic acids is 2. The molecule has 1 aliphatic rings. The molecule has 1 aromatic carbocycles. The highest BCUT2D eigenvalue weighted by atomic mass is 16.2. The summed E-state index contributed by atoms with van der Waals surface area (Å²) in [5, 5.41) is 9.32. The molecule has 3 rings (SSSR count). The van der Waals surface area contributed by atoms with E-state index in [9.17, 15) is 9.59 Å². The summed E-state index contributed by atoms with van der Waals surface area (Å²) in [5.41, 5.74) is 1.92. The van der Waals surface area contributed by atoms with Gasteiger partial charge >= 0.3 is 0 Å². The van der Waals surface area contributed by atoms with E-state index in [1.54, 1.807) is 0 Å². The Labute approximate surface area is 121 Å². The molecule has 1 aromatic heterocycles. The van der Waals surface area contributed by atoms with Gasteiger partial charge in [0.2, 0.25) is 11.9 Å². The maximum atomic E-state index is 12.0. The fraction of sp³-hybridized carbons (Fsp3) is 0.286. The first kappa shape index (κ1) is 13.3. The van der Waals surface area contributed by atoms with E-state index in [1.807, 2.05) is 24.3 Å². The summed E-state index contributed by atoms with van der Waals surface area (Å²) in [6.45, 7) is 2.07. The molecular weight excluding hydrogens is 270 g/mol. The van der Waals surface area contributed by atoms with E-state index in [-0.39, 0.29) is 18.2 Å². The largest absolute Gasteiger partial charge is 0.326 e. The monoisotopic (exact) mass is 285 g/mol. The van der Waals surface area contributed by atoms with Crippen molar-refractivity contribution in [2.45, 2.75) is 25.8 Å². The Bertz CT molecular complexity index is 677. The first-order valence-corrected chi connectivity index (χ1v) is 6.76. The van der Waals surface area contributed by atoms with Gasteiger partial charge in [-0.3, -0.25) is 14.9 Å². The third kappa shape index (κ3) is 2.62. The molecule has 2 amide bonds. The minimum Gasteiger partial charge on any atom is -0.326 e. The first-order chi connectivity index (χ1) is 10.2. The number of aryl methyl sites for hydroxylation is 1. The van der Waals surface area contributed by atoms with Crippen LogP contribution in [0.5, 0.6) is 0 Å². The summed E-state index contributed by atoms with van der Waals surface area (Å²) in [7, 11) is 0. The summed E-state index contributed by atoms with van der Waals surface area (Å²) in [6, 6.07) is 7.00. The molecule has 1 atom stereocenters. The Morgan fingerprint density at radius 3 is 2.86 bits per heavy atom. The molecule has 108 valence electrons. The van der Waals surface area contributed by atoms with E-state index in [4.69, 9.17) is 0 Å². The molecule has 2 aromatic rings. The quantitative estimate of drug-likeness (QED) is 0.887. The van der Waals surface area contributed by atoms with Crippen molar-refractivity contribution in [3.8, 4) is 0 Å². The zero-order chi connectivity index (χ0) is 14.8. The summed E-state index contributed by atoms with van der Waals surface area (Å²) >= 11 is 0. The standard InChI is InChI=1S/C14H15N5O2/c1-2-9-3-5-10(6-4-9)17-12(20)7-11-13(21)18-14-15-8-16-19(11)14/h3-6,8,11H,2,7H2,1H3,(H,17,20)(H,15,16,18,21)/t11-/m1/s1. The lowest BCUT2D eigenvalue weighted by Gasteiger charge is -2.10. The molecule has 7 heteroatoms. The van der Waals surface area contributed by atoms with Crippen molar-refractivity contribution in [3.05, 3.63) is 36.2 Å². The predicted molar refractivity (Wildman–Crippen MR) is 76.8 cm³/mol. The third-order valence-corrected chi connectivity index (χ3v) is 3.43. The molecule has 0 saturated carbocycles. The molecule has 0 unspecified atom stereocenters. The topological polar surface area (TPSA) is 88.9 Å². The van der Waals surface area contributed by atoms with Crippen molar-refractivity contribution < 1.29 is 9.59 Å². The SMILES string of the molecule is CCc1ccc(NC(=O)C[C@@H]2C(=O)Nc3ncnn32)cc1. The lowest BCUT2D eigenvalue weighted by atomic mass is 10.1. The fourth-order valence-corrected chi connectivity index (χ4v) is 2.26. The van der Waals surface area contributed by atoms with Crippen LogP contribution in [0, 0.1) is 0 Å². The highest BCUT2D eigenvalue weighted by Gasteiger charge is 2.33. The van der Waals surface area contributed by atoms with Gasteiger partial charge in [-0.2, -0.15) is 10.1 Å². The van der Waals surface area contributed by atoms with Crippen molar-refractivity contribution in [2.24, 2.45) is 0 Å². The van der Waals surface area contributed by atoms with Crippen LogP contribution >= 0.6 is 0 Å². The molecule has 2 N–H and O–H groups in total. The van der Waals surface area contributed by atoms with Gasteiger partial charge in [0.15, 0.2) is 0 Å². The number of benzene rings is 1. The minimum absolute atomic E-state index is 0.0255. The molecule has 0 radical (unpaired) electrons. The summed E-state index contributed by atoms with van der Waals surface area (Å²) in [5.74, 6) is -0.116. The van der Waals surface area contributed by atoms with Gasteiger partial charge < -0.3 is 5.32 Å². The number of fused-ring (bicyclic) bond motifs is 1. The van der Waals surface area contributed by atoms with Gasteiger partial charge in [-0.05, 0) is 24.1 Å². The second kappa shape index (κ2) is 5.35. The summed E-state index contributed by atoms with van der Waals surface area (Å²) in [4.78, 5) is 27.7. The molecule has 2 heterocycles. The van der Waals surface area contributed by atoms with Crippen LogP contribution in [0.15, 0.2) is 30.6 Å². The maximum Gasteiger partial charge on any atom is 0.252 e. The number of nitrogens with one attached hydrogen (secondary N) is 2. The van der Waals surface area contributed by atoms with Crippen LogP contribution in [-0.2, 0) is 16.0 Å². The van der Waals surface area contributed by atoms with Gasteiger partial charge in [-0.25, -0.2) is 4.68 Å². The fourth-order valence-electron chi connectivity index (χ4n) is 2.26. The molecule has 21 heavy (non-hydrogen) atoms. The second-order valence-corrected chi connectivity index (χ2v) is 4.84. The zero-order valence-electron chi connectivity index (χ0n) is 11.5. The van der Waals surface area contributed by atoms with Crippen molar-refractivity contribution in [1.29, 1.82) is 0 Å². The Hall–Kier alpha value is -2.70. The third-order valence-electron chi connectivity index (χ3n) is 3.43. The highest BCUT2D eigenvalue weighted by molar-refractivity contribution is 6.00. The first-order valence-electron chi connectivity index (χ1n) is 6.76. The summed E-state index contributed by atoms with van der Waals surface area (Å²) < 4.78 is 1.43. The molecule has 0 saturated heterocycles. The van der Waals surface area contributed by atoms with Crippen LogP contribution in [0.4, 0.5) is 11.6 Å². The van der Waals surface area contributed by atoms with Crippen LogP contribution in [-0.4, -0.2) is 26.6 Å². The summed E-state index contributed by atoms with van der Waals surface area (Å²) in [6.07, 6.45) is 2.33. The predicted octanol–water partition coefficient (Wildman–Crippen LogP) is 1.36. The molecule has 1 aliphatic heterocycles. The number of rotatable bonds is 4. The van der Waals surface area contributed by atoms with E-state index >= 15 is 0 Å². The number of nitrogens with zero attached hydrogens (tertiary/aromatic N) is 3. The number of hydrogen-bond donors (Lipinski definition) is 2. The van der Waals surface area contributed by atoms with Gasteiger partial charge in [0.05, 0.1) is 6.42 Å². The average molecular weight is 285 g/mol. The van der Waals surface area contributed by atoms with Gasteiger partial charge in [-0.15, -0.1) is 0 Å². The number of anilines is 2.